The molecule has 4 fully saturated rings. The molecular weight excluding hydrogens is 552 g/mol. The Morgan fingerprint density at radius 3 is 1.50 bits per heavy atom. The van der Waals surface area contributed by atoms with Gasteiger partial charge < -0.3 is 29.1 Å². The van der Waals surface area contributed by atoms with Crippen LogP contribution >= 0.6 is 22.7 Å². The molecule has 0 saturated carbocycles. The van der Waals surface area contributed by atoms with E-state index >= 15 is 0 Å². The third-order valence-electron chi connectivity index (χ3n) is 8.82. The predicted molar refractivity (Wildman–Crippen MR) is 150 cm³/mol. The van der Waals surface area contributed by atoms with Gasteiger partial charge in [-0.1, -0.05) is 0 Å². The molecule has 0 N–H and O–H groups in total. The Bertz CT molecular complexity index is 1180. The zero-order valence-corrected chi connectivity index (χ0v) is 24.7. The number of hydrogen-bond donors (Lipinski definition) is 0. The first-order valence-corrected chi connectivity index (χ1v) is 15.8. The molecule has 0 radical (unpaired) electrons. The molecule has 2 atom stereocenters. The van der Waals surface area contributed by atoms with Gasteiger partial charge in [0, 0.05) is 50.0 Å². The zero-order valence-electron chi connectivity index (χ0n) is 23.1. The van der Waals surface area contributed by atoms with Crippen LogP contribution in [0, 0.1) is 0 Å². The Kier molecular flexibility index (Phi) is 7.57. The van der Waals surface area contributed by atoms with Crippen molar-refractivity contribution in [2.75, 3.05) is 65.7 Å². The molecule has 40 heavy (non-hydrogen) atoms. The van der Waals surface area contributed by atoms with E-state index in [-0.39, 0.29) is 17.8 Å². The van der Waals surface area contributed by atoms with Crippen molar-refractivity contribution in [3.05, 3.63) is 32.2 Å². The monoisotopic (exact) mass is 588 g/mol. The van der Waals surface area contributed by atoms with Gasteiger partial charge in [0.05, 0.1) is 48.9 Å². The molecule has 6 rings (SSSR count). The third-order valence-corrected chi connectivity index (χ3v) is 10.5. The lowest BCUT2D eigenvalue weighted by atomic mass is 9.94. The minimum atomic E-state index is -0.597. The molecule has 2 aromatic rings. The van der Waals surface area contributed by atoms with E-state index in [1.54, 1.807) is 9.80 Å². The SMILES string of the molecule is C[C@@]1(c2csc(C(=O)N3CCOCC3)n2)CCCN1C(=O)N1CCC[C@@]1(C)c1csc(C(=O)N2CCOCC2)n1. The first-order chi connectivity index (χ1) is 19.3. The van der Waals surface area contributed by atoms with Gasteiger partial charge in [-0.05, 0) is 39.5 Å². The summed E-state index contributed by atoms with van der Waals surface area (Å²) in [5, 5.41) is 4.80. The van der Waals surface area contributed by atoms with Crippen LogP contribution in [0.3, 0.4) is 0 Å². The predicted octanol–water partition coefficient (Wildman–Crippen LogP) is 2.99. The highest BCUT2D eigenvalue weighted by Gasteiger charge is 2.50. The summed E-state index contributed by atoms with van der Waals surface area (Å²) >= 11 is 2.70. The van der Waals surface area contributed by atoms with E-state index in [4.69, 9.17) is 19.4 Å². The van der Waals surface area contributed by atoms with E-state index in [1.165, 1.54) is 22.7 Å². The van der Waals surface area contributed by atoms with Crippen LogP contribution in [0.1, 0.15) is 70.5 Å². The van der Waals surface area contributed by atoms with E-state index in [2.05, 4.69) is 13.8 Å². The van der Waals surface area contributed by atoms with Crippen LogP contribution in [0.4, 0.5) is 4.79 Å². The van der Waals surface area contributed by atoms with Gasteiger partial charge in [0.25, 0.3) is 11.8 Å². The number of carbonyl (C=O) groups excluding carboxylic acids is 3. The highest BCUT2D eigenvalue weighted by atomic mass is 32.1. The van der Waals surface area contributed by atoms with Crippen molar-refractivity contribution in [3.8, 4) is 0 Å². The number of rotatable bonds is 4. The average Bonchev–Trinajstić information content (AvgIpc) is 3.79. The van der Waals surface area contributed by atoms with Crippen molar-refractivity contribution in [2.24, 2.45) is 0 Å². The van der Waals surface area contributed by atoms with Crippen molar-refractivity contribution < 1.29 is 23.9 Å². The van der Waals surface area contributed by atoms with Crippen LogP contribution in [0.2, 0.25) is 0 Å². The van der Waals surface area contributed by atoms with Crippen LogP contribution in [-0.4, -0.2) is 113 Å². The molecule has 11 nitrogen and oxygen atoms in total. The number of likely N-dealkylation sites (tertiary alicyclic amines) is 2. The maximum atomic E-state index is 14.2. The molecule has 13 heteroatoms. The van der Waals surface area contributed by atoms with E-state index in [0.717, 1.165) is 37.1 Å². The molecule has 2 aromatic heterocycles. The molecule has 0 bridgehead atoms. The number of urea groups is 1. The van der Waals surface area contributed by atoms with Gasteiger partial charge >= 0.3 is 6.03 Å². The number of morpholine rings is 2. The molecule has 6 heterocycles. The summed E-state index contributed by atoms with van der Waals surface area (Å²) in [7, 11) is 0. The number of hydrogen-bond acceptors (Lipinski definition) is 9. The third kappa shape index (κ3) is 4.80. The summed E-state index contributed by atoms with van der Waals surface area (Å²) in [5.74, 6) is -0.144. The normalized spacial score (nSPS) is 27.4. The van der Waals surface area contributed by atoms with Crippen molar-refractivity contribution in [2.45, 2.75) is 50.6 Å². The second kappa shape index (κ2) is 11.0. The van der Waals surface area contributed by atoms with Crippen molar-refractivity contribution in [3.63, 3.8) is 0 Å². The summed E-state index contributed by atoms with van der Waals surface area (Å²) in [6.45, 7) is 9.82. The van der Waals surface area contributed by atoms with Gasteiger partial charge in [-0.2, -0.15) is 0 Å². The molecule has 0 unspecified atom stereocenters. The molecule has 216 valence electrons. The van der Waals surface area contributed by atoms with Crippen LogP contribution in [0.25, 0.3) is 0 Å². The van der Waals surface area contributed by atoms with Crippen molar-refractivity contribution in [1.82, 2.24) is 29.6 Å². The molecule has 4 amide bonds. The number of carbonyl (C=O) groups is 3. The Hall–Kier alpha value is -2.61. The molecule has 0 spiro atoms. The van der Waals surface area contributed by atoms with Crippen LogP contribution in [0.5, 0.6) is 0 Å². The van der Waals surface area contributed by atoms with Gasteiger partial charge in [-0.25, -0.2) is 14.8 Å². The summed E-state index contributed by atoms with van der Waals surface area (Å²) in [5.41, 5.74) is 0.348. The highest BCUT2D eigenvalue weighted by Crippen LogP contribution is 2.44. The van der Waals surface area contributed by atoms with E-state index in [0.29, 0.717) is 75.7 Å². The van der Waals surface area contributed by atoms with Crippen LogP contribution < -0.4 is 0 Å². The number of ether oxygens (including phenoxy) is 2. The largest absolute Gasteiger partial charge is 0.378 e. The fraction of sp³-hybridized carbons (Fsp3) is 0.667. The minimum Gasteiger partial charge on any atom is -0.378 e. The number of amides is 4. The van der Waals surface area contributed by atoms with Gasteiger partial charge in [0.1, 0.15) is 0 Å². The fourth-order valence-electron chi connectivity index (χ4n) is 6.26. The second-order valence-corrected chi connectivity index (χ2v) is 12.9. The standard InChI is InChI=1S/C27H36N6O5S2/c1-26(19-17-39-21(28-19)23(34)30-9-13-37-14-10-30)5-3-7-32(26)25(36)33-8-4-6-27(33,2)20-18-40-22(29-20)24(35)31-11-15-38-16-12-31/h17-18H,3-16H2,1-2H3/t26-,27-/m0/s1. The quantitative estimate of drug-likeness (QED) is 0.540. The molecule has 4 aliphatic heterocycles. The van der Waals surface area contributed by atoms with Gasteiger partial charge in [0.2, 0.25) is 0 Å². The smallest absolute Gasteiger partial charge is 0.321 e. The Labute approximate surface area is 242 Å². The highest BCUT2D eigenvalue weighted by molar-refractivity contribution is 7.12. The van der Waals surface area contributed by atoms with Gasteiger partial charge in [-0.15, -0.1) is 22.7 Å². The van der Waals surface area contributed by atoms with E-state index in [9.17, 15) is 14.4 Å². The lowest BCUT2D eigenvalue weighted by Crippen LogP contribution is -2.54. The lowest BCUT2D eigenvalue weighted by Gasteiger charge is -2.41. The Morgan fingerprint density at radius 2 is 1.10 bits per heavy atom. The van der Waals surface area contributed by atoms with Crippen molar-refractivity contribution >= 4 is 40.5 Å². The summed E-state index contributed by atoms with van der Waals surface area (Å²) in [4.78, 5) is 57.3. The molecular formula is C27H36N6O5S2. The number of thiazole rings is 2. The first-order valence-electron chi connectivity index (χ1n) is 14.1. The average molecular weight is 589 g/mol. The summed E-state index contributed by atoms with van der Waals surface area (Å²) in [6, 6.07) is -0.0388. The lowest BCUT2D eigenvalue weighted by molar-refractivity contribution is 0.0301. The minimum absolute atomic E-state index is 0.0388. The topological polar surface area (TPSA) is 108 Å². The Morgan fingerprint density at radius 1 is 0.700 bits per heavy atom. The maximum absolute atomic E-state index is 14.2. The second-order valence-electron chi connectivity index (χ2n) is 11.2. The van der Waals surface area contributed by atoms with Gasteiger partial charge in [0.15, 0.2) is 10.0 Å². The number of aromatic nitrogens is 2. The maximum Gasteiger partial charge on any atom is 0.321 e. The van der Waals surface area contributed by atoms with Crippen molar-refractivity contribution in [1.29, 1.82) is 0 Å². The molecule has 4 saturated heterocycles. The summed E-state index contributed by atoms with van der Waals surface area (Å²) in [6.07, 6.45) is 3.30. The number of nitrogens with zero attached hydrogens (tertiary/aromatic N) is 6. The van der Waals surface area contributed by atoms with E-state index < -0.39 is 11.1 Å². The first kappa shape index (κ1) is 27.6. The molecule has 0 aromatic carbocycles. The fourth-order valence-corrected chi connectivity index (χ4v) is 8.08. The molecule has 0 aliphatic carbocycles. The summed E-state index contributed by atoms with van der Waals surface area (Å²) < 4.78 is 10.8. The van der Waals surface area contributed by atoms with Gasteiger partial charge in [-0.3, -0.25) is 9.59 Å². The van der Waals surface area contributed by atoms with Crippen LogP contribution in [-0.2, 0) is 20.6 Å². The van der Waals surface area contributed by atoms with Crippen LogP contribution in [0.15, 0.2) is 10.8 Å². The van der Waals surface area contributed by atoms with E-state index in [1.807, 2.05) is 20.6 Å². The Balaban J connectivity index is 1.20. The molecule has 4 aliphatic rings. The zero-order chi connectivity index (χ0) is 27.9.